The summed E-state index contributed by atoms with van der Waals surface area (Å²) in [4.78, 5) is 22.3. The zero-order valence-electron chi connectivity index (χ0n) is 11.4. The fourth-order valence-electron chi connectivity index (χ4n) is 2.29. The molecule has 0 radical (unpaired) electrons. The largest absolute Gasteiger partial charge is 0.466 e. The third kappa shape index (κ3) is 3.33. The molecule has 0 aliphatic carbocycles. The van der Waals surface area contributed by atoms with Crippen LogP contribution < -0.4 is 10.2 Å². The highest BCUT2D eigenvalue weighted by Crippen LogP contribution is 2.23. The van der Waals surface area contributed by atoms with Crippen LogP contribution in [0.3, 0.4) is 0 Å². The minimum Gasteiger partial charge on any atom is -0.466 e. The molecule has 2 heterocycles. The summed E-state index contributed by atoms with van der Waals surface area (Å²) in [5, 5.41) is 2.99. The van der Waals surface area contributed by atoms with Crippen molar-refractivity contribution in [1.29, 1.82) is 0 Å². The van der Waals surface area contributed by atoms with Gasteiger partial charge in [-0.2, -0.15) is 0 Å². The van der Waals surface area contributed by atoms with Gasteiger partial charge in [0, 0.05) is 26.2 Å². The molecule has 104 valence electrons. The van der Waals surface area contributed by atoms with Crippen LogP contribution in [0.15, 0.2) is 12.4 Å². The second kappa shape index (κ2) is 6.36. The Bertz CT molecular complexity index is 438. The van der Waals surface area contributed by atoms with Gasteiger partial charge in [-0.25, -0.2) is 9.97 Å². The van der Waals surface area contributed by atoms with Crippen LogP contribution in [0, 0.1) is 5.92 Å². The first kappa shape index (κ1) is 13.6. The molecule has 1 saturated heterocycles. The number of hydrogen-bond donors (Lipinski definition) is 1. The van der Waals surface area contributed by atoms with Gasteiger partial charge < -0.3 is 15.0 Å². The summed E-state index contributed by atoms with van der Waals surface area (Å²) < 4.78 is 5.10. The van der Waals surface area contributed by atoms with Gasteiger partial charge >= 0.3 is 5.97 Å². The molecule has 0 amide bonds. The third-order valence-corrected chi connectivity index (χ3v) is 3.27. The molecule has 6 heteroatoms. The number of carbonyl (C=O) groups excluding carboxylic acids is 1. The number of nitrogens with zero attached hydrogens (tertiary/aromatic N) is 3. The Balaban J connectivity index is 2.05. The monoisotopic (exact) mass is 264 g/mol. The summed E-state index contributed by atoms with van der Waals surface area (Å²) in [7, 11) is 1.82. The normalized spacial score (nSPS) is 19.1. The van der Waals surface area contributed by atoms with Crippen LogP contribution in [0.2, 0.25) is 0 Å². The molecule has 1 unspecified atom stereocenters. The van der Waals surface area contributed by atoms with E-state index in [1.165, 1.54) is 6.33 Å². The van der Waals surface area contributed by atoms with Gasteiger partial charge in [0.2, 0.25) is 0 Å². The fourth-order valence-corrected chi connectivity index (χ4v) is 2.29. The van der Waals surface area contributed by atoms with Crippen molar-refractivity contribution in [2.75, 3.05) is 37.0 Å². The lowest BCUT2D eigenvalue weighted by Crippen LogP contribution is -2.39. The summed E-state index contributed by atoms with van der Waals surface area (Å²) in [6.07, 6.45) is 3.40. The number of ether oxygens (including phenoxy) is 1. The molecular weight excluding hydrogens is 244 g/mol. The molecule has 19 heavy (non-hydrogen) atoms. The third-order valence-electron chi connectivity index (χ3n) is 3.27. The van der Waals surface area contributed by atoms with Crippen molar-refractivity contribution in [3.8, 4) is 0 Å². The van der Waals surface area contributed by atoms with Gasteiger partial charge in [0.15, 0.2) is 0 Å². The van der Waals surface area contributed by atoms with Crippen molar-refractivity contribution in [2.45, 2.75) is 19.8 Å². The van der Waals surface area contributed by atoms with Crippen LogP contribution in [0.25, 0.3) is 0 Å². The Morgan fingerprint density at radius 2 is 2.42 bits per heavy atom. The van der Waals surface area contributed by atoms with Crippen molar-refractivity contribution in [3.05, 3.63) is 12.4 Å². The Labute approximate surface area is 113 Å². The average molecular weight is 264 g/mol. The Hall–Kier alpha value is -1.85. The van der Waals surface area contributed by atoms with Gasteiger partial charge in [-0.05, 0) is 19.8 Å². The summed E-state index contributed by atoms with van der Waals surface area (Å²) in [6.45, 7) is 3.85. The Kier molecular flexibility index (Phi) is 4.54. The van der Waals surface area contributed by atoms with E-state index in [2.05, 4.69) is 20.2 Å². The lowest BCUT2D eigenvalue weighted by molar-refractivity contribution is -0.148. The molecule has 6 nitrogen and oxygen atoms in total. The van der Waals surface area contributed by atoms with Crippen LogP contribution in [-0.4, -0.2) is 42.7 Å². The van der Waals surface area contributed by atoms with E-state index in [-0.39, 0.29) is 11.9 Å². The topological polar surface area (TPSA) is 67.3 Å². The van der Waals surface area contributed by atoms with E-state index >= 15 is 0 Å². The molecule has 0 aromatic carbocycles. The van der Waals surface area contributed by atoms with E-state index in [0.29, 0.717) is 13.2 Å². The molecule has 1 atom stereocenters. The number of hydrogen-bond acceptors (Lipinski definition) is 6. The zero-order chi connectivity index (χ0) is 13.7. The lowest BCUT2D eigenvalue weighted by atomic mass is 9.98. The van der Waals surface area contributed by atoms with Crippen LogP contribution in [-0.2, 0) is 9.53 Å². The maximum absolute atomic E-state index is 11.8. The number of aromatic nitrogens is 2. The minimum absolute atomic E-state index is 0.0540. The molecule has 0 spiro atoms. The van der Waals surface area contributed by atoms with Gasteiger partial charge in [0.05, 0.1) is 12.5 Å². The van der Waals surface area contributed by atoms with E-state index in [1.54, 1.807) is 0 Å². The summed E-state index contributed by atoms with van der Waals surface area (Å²) in [5.74, 6) is 1.48. The number of piperidine rings is 1. The molecule has 1 aromatic heterocycles. The molecule has 2 rings (SSSR count). The molecule has 1 aromatic rings. The number of carbonyl (C=O) groups is 1. The molecule has 1 aliphatic heterocycles. The maximum Gasteiger partial charge on any atom is 0.310 e. The predicted molar refractivity (Wildman–Crippen MR) is 73.1 cm³/mol. The zero-order valence-corrected chi connectivity index (χ0v) is 11.4. The van der Waals surface area contributed by atoms with Gasteiger partial charge in [-0.15, -0.1) is 0 Å². The second-order valence-corrected chi connectivity index (χ2v) is 4.55. The van der Waals surface area contributed by atoms with E-state index in [0.717, 1.165) is 31.0 Å². The first-order chi connectivity index (χ1) is 9.24. The molecule has 1 N–H and O–H groups in total. The molecule has 0 bridgehead atoms. The van der Waals surface area contributed by atoms with E-state index in [1.807, 2.05) is 20.0 Å². The number of rotatable bonds is 4. The highest BCUT2D eigenvalue weighted by molar-refractivity contribution is 5.73. The molecule has 0 saturated carbocycles. The first-order valence-electron chi connectivity index (χ1n) is 6.66. The number of nitrogens with one attached hydrogen (secondary N) is 1. The van der Waals surface area contributed by atoms with E-state index in [9.17, 15) is 4.79 Å². The van der Waals surface area contributed by atoms with Gasteiger partial charge in [-0.1, -0.05) is 0 Å². The van der Waals surface area contributed by atoms with Crippen molar-refractivity contribution in [3.63, 3.8) is 0 Å². The summed E-state index contributed by atoms with van der Waals surface area (Å²) in [6, 6.07) is 1.90. The highest BCUT2D eigenvalue weighted by Gasteiger charge is 2.27. The molecule has 1 fully saturated rings. The number of esters is 1. The van der Waals surface area contributed by atoms with Crippen LogP contribution >= 0.6 is 0 Å². The quantitative estimate of drug-likeness (QED) is 0.827. The molecular formula is C13H20N4O2. The highest BCUT2D eigenvalue weighted by atomic mass is 16.5. The minimum atomic E-state index is -0.102. The van der Waals surface area contributed by atoms with Crippen molar-refractivity contribution < 1.29 is 9.53 Å². The van der Waals surface area contributed by atoms with E-state index in [4.69, 9.17) is 4.74 Å². The van der Waals surface area contributed by atoms with Crippen molar-refractivity contribution >= 4 is 17.6 Å². The first-order valence-corrected chi connectivity index (χ1v) is 6.66. The fraction of sp³-hybridized carbons (Fsp3) is 0.615. The van der Waals surface area contributed by atoms with Gasteiger partial charge in [0.25, 0.3) is 0 Å². The lowest BCUT2D eigenvalue weighted by Gasteiger charge is -2.32. The van der Waals surface area contributed by atoms with Crippen molar-refractivity contribution in [1.82, 2.24) is 9.97 Å². The Morgan fingerprint density at radius 3 is 3.16 bits per heavy atom. The Morgan fingerprint density at radius 1 is 1.58 bits per heavy atom. The summed E-state index contributed by atoms with van der Waals surface area (Å²) in [5.41, 5.74) is 0. The average Bonchev–Trinajstić information content (AvgIpc) is 2.48. The maximum atomic E-state index is 11.8. The predicted octanol–water partition coefficient (Wildman–Crippen LogP) is 1.30. The van der Waals surface area contributed by atoms with Gasteiger partial charge in [0.1, 0.15) is 18.0 Å². The summed E-state index contributed by atoms with van der Waals surface area (Å²) >= 11 is 0. The standard InChI is InChI=1S/C13H20N4O2/c1-3-19-13(18)10-5-4-6-17(8-10)12-7-11(14-2)15-9-16-12/h7,9-10H,3-6,8H2,1-2H3,(H,14,15,16). The van der Waals surface area contributed by atoms with Gasteiger partial charge in [-0.3, -0.25) is 4.79 Å². The number of anilines is 2. The van der Waals surface area contributed by atoms with Crippen LogP contribution in [0.1, 0.15) is 19.8 Å². The van der Waals surface area contributed by atoms with Crippen LogP contribution in [0.5, 0.6) is 0 Å². The van der Waals surface area contributed by atoms with Crippen LogP contribution in [0.4, 0.5) is 11.6 Å². The second-order valence-electron chi connectivity index (χ2n) is 4.55. The van der Waals surface area contributed by atoms with E-state index < -0.39 is 0 Å². The molecule has 1 aliphatic rings. The smallest absolute Gasteiger partial charge is 0.310 e. The van der Waals surface area contributed by atoms with Crippen molar-refractivity contribution in [2.24, 2.45) is 5.92 Å². The SMILES string of the molecule is CCOC(=O)C1CCCN(c2cc(NC)ncn2)C1.